The predicted molar refractivity (Wildman–Crippen MR) is 145 cm³/mol. The topological polar surface area (TPSA) is 61.4 Å². The minimum Gasteiger partial charge on any atom is -0.352 e. The molecule has 35 heavy (non-hydrogen) atoms. The lowest BCUT2D eigenvalue weighted by Crippen LogP contribution is -2.50. The number of hydrogen-bond acceptors (Lipinski definition) is 5. The van der Waals surface area contributed by atoms with E-state index < -0.39 is 0 Å². The zero-order valence-corrected chi connectivity index (χ0v) is 21.4. The summed E-state index contributed by atoms with van der Waals surface area (Å²) in [5.74, 6) is 1.90. The average molecular weight is 486 g/mol. The zero-order chi connectivity index (χ0) is 24.4. The van der Waals surface area contributed by atoms with E-state index in [1.807, 2.05) is 42.2 Å². The van der Waals surface area contributed by atoms with Crippen molar-refractivity contribution in [2.24, 2.45) is 0 Å². The number of aromatic nitrogens is 2. The van der Waals surface area contributed by atoms with Gasteiger partial charge in [-0.15, -0.1) is 11.3 Å². The Morgan fingerprint density at radius 3 is 2.37 bits per heavy atom. The number of rotatable bonds is 5. The van der Waals surface area contributed by atoms with Gasteiger partial charge in [-0.1, -0.05) is 48.5 Å². The highest BCUT2D eigenvalue weighted by Gasteiger charge is 2.25. The van der Waals surface area contributed by atoms with Gasteiger partial charge in [0.25, 0.3) is 0 Å². The molecule has 0 bridgehead atoms. The van der Waals surface area contributed by atoms with Crippen LogP contribution in [0.25, 0.3) is 10.2 Å². The number of carbonyl (C=O) groups is 1. The molecule has 0 unspecified atom stereocenters. The maximum atomic E-state index is 12.9. The van der Waals surface area contributed by atoms with Gasteiger partial charge in [0.2, 0.25) is 0 Å². The Balaban J connectivity index is 1.33. The van der Waals surface area contributed by atoms with Crippen molar-refractivity contribution >= 4 is 39.1 Å². The molecule has 1 aliphatic rings. The fourth-order valence-corrected chi connectivity index (χ4v) is 5.58. The molecule has 1 saturated heterocycles. The van der Waals surface area contributed by atoms with Gasteiger partial charge in [0.15, 0.2) is 0 Å². The fourth-order valence-electron chi connectivity index (χ4n) is 4.54. The molecule has 7 heteroatoms. The third-order valence-corrected chi connectivity index (χ3v) is 7.89. The molecule has 1 N–H and O–H groups in total. The van der Waals surface area contributed by atoms with Crippen molar-refractivity contribution in [3.05, 3.63) is 82.0 Å². The van der Waals surface area contributed by atoms with Crippen LogP contribution in [0.4, 0.5) is 16.3 Å². The molecular weight excluding hydrogens is 454 g/mol. The number of nitrogens with one attached hydrogen (secondary N) is 1. The van der Waals surface area contributed by atoms with Crippen LogP contribution < -0.4 is 10.2 Å². The molecule has 0 radical (unpaired) electrons. The van der Waals surface area contributed by atoms with Crippen molar-refractivity contribution in [3.8, 4) is 0 Å². The zero-order valence-electron chi connectivity index (χ0n) is 20.5. The number of thiophene rings is 1. The molecule has 180 valence electrons. The highest BCUT2D eigenvalue weighted by molar-refractivity contribution is 7.18. The van der Waals surface area contributed by atoms with E-state index in [4.69, 9.17) is 9.97 Å². The van der Waals surface area contributed by atoms with Crippen molar-refractivity contribution in [1.29, 1.82) is 0 Å². The van der Waals surface area contributed by atoms with Crippen molar-refractivity contribution in [1.82, 2.24) is 14.9 Å². The molecule has 0 spiro atoms. The van der Waals surface area contributed by atoms with Crippen LogP contribution in [0.2, 0.25) is 0 Å². The maximum Gasteiger partial charge on any atom is 0.321 e. The average Bonchev–Trinajstić information content (AvgIpc) is 3.17. The van der Waals surface area contributed by atoms with Crippen LogP contribution in [0, 0.1) is 20.8 Å². The molecule has 0 saturated carbocycles. The Morgan fingerprint density at radius 1 is 0.914 bits per heavy atom. The summed E-state index contributed by atoms with van der Waals surface area (Å²) >= 11 is 1.75. The third kappa shape index (κ3) is 5.00. The monoisotopic (exact) mass is 485 g/mol. The molecule has 2 aromatic heterocycles. The van der Waals surface area contributed by atoms with E-state index in [-0.39, 0.29) is 6.03 Å². The highest BCUT2D eigenvalue weighted by Crippen LogP contribution is 2.35. The number of anilines is 2. The van der Waals surface area contributed by atoms with Crippen LogP contribution in [-0.4, -0.2) is 47.1 Å². The lowest BCUT2D eigenvalue weighted by Gasteiger charge is -2.36. The number of benzene rings is 2. The number of para-hydroxylation sites is 1. The summed E-state index contributed by atoms with van der Waals surface area (Å²) in [7, 11) is 0. The first-order valence-electron chi connectivity index (χ1n) is 12.2. The minimum absolute atomic E-state index is 0.0436. The number of hydrogen-bond donors (Lipinski definition) is 1. The molecule has 1 aliphatic heterocycles. The lowest BCUT2D eigenvalue weighted by molar-refractivity contribution is 0.208. The van der Waals surface area contributed by atoms with Gasteiger partial charge < -0.3 is 15.1 Å². The van der Waals surface area contributed by atoms with Gasteiger partial charge in [-0.3, -0.25) is 0 Å². The molecule has 0 atom stereocenters. The first kappa shape index (κ1) is 23.3. The van der Waals surface area contributed by atoms with E-state index in [1.165, 1.54) is 16.0 Å². The minimum atomic E-state index is -0.0436. The molecule has 6 nitrogen and oxygen atoms in total. The lowest BCUT2D eigenvalue weighted by atomic mass is 10.1. The van der Waals surface area contributed by atoms with Crippen molar-refractivity contribution in [2.45, 2.75) is 33.6 Å². The number of aryl methyl sites for hydroxylation is 5. The van der Waals surface area contributed by atoms with Gasteiger partial charge in [-0.25, -0.2) is 14.8 Å². The largest absolute Gasteiger partial charge is 0.352 e. The standard InChI is InChI=1S/C28H31N5OS/c1-19-9-7-8-12-23(19)29-28(34)33-17-15-32(16-18-33)26-25-20(2)21(3)35-27(25)31-24(30-26)14-13-22-10-5-4-6-11-22/h4-12H,13-18H2,1-3H3,(H,29,34). The summed E-state index contributed by atoms with van der Waals surface area (Å²) in [5.41, 5.74) is 4.48. The summed E-state index contributed by atoms with van der Waals surface area (Å²) in [6.45, 7) is 9.14. The van der Waals surface area contributed by atoms with E-state index >= 15 is 0 Å². The first-order valence-corrected chi connectivity index (χ1v) is 13.0. The van der Waals surface area contributed by atoms with Crippen LogP contribution in [-0.2, 0) is 12.8 Å². The van der Waals surface area contributed by atoms with E-state index in [0.717, 1.165) is 59.0 Å². The summed E-state index contributed by atoms with van der Waals surface area (Å²) < 4.78 is 0. The van der Waals surface area contributed by atoms with E-state index in [1.54, 1.807) is 11.3 Å². The van der Waals surface area contributed by atoms with Crippen LogP contribution in [0.15, 0.2) is 54.6 Å². The Hall–Kier alpha value is -3.45. The first-order chi connectivity index (χ1) is 17.0. The van der Waals surface area contributed by atoms with Crippen LogP contribution in [0.3, 0.4) is 0 Å². The van der Waals surface area contributed by atoms with Gasteiger partial charge >= 0.3 is 6.03 Å². The van der Waals surface area contributed by atoms with Crippen molar-refractivity contribution in [3.63, 3.8) is 0 Å². The van der Waals surface area contributed by atoms with Gasteiger partial charge in [-0.05, 0) is 49.9 Å². The molecular formula is C28H31N5OS. The quantitative estimate of drug-likeness (QED) is 0.391. The van der Waals surface area contributed by atoms with Crippen LogP contribution in [0.1, 0.15) is 27.4 Å². The second-order valence-corrected chi connectivity index (χ2v) is 10.3. The number of urea groups is 1. The molecule has 1 fully saturated rings. The normalized spacial score (nSPS) is 13.9. The Morgan fingerprint density at radius 2 is 1.63 bits per heavy atom. The van der Waals surface area contributed by atoms with Crippen molar-refractivity contribution in [2.75, 3.05) is 36.4 Å². The summed E-state index contributed by atoms with van der Waals surface area (Å²) in [5, 5.41) is 4.22. The molecule has 2 amide bonds. The molecule has 5 rings (SSSR count). The smallest absolute Gasteiger partial charge is 0.321 e. The third-order valence-electron chi connectivity index (χ3n) is 6.79. The molecule has 4 aromatic rings. The SMILES string of the molecule is Cc1ccccc1NC(=O)N1CCN(c2nc(CCc3ccccc3)nc3sc(C)c(C)c23)CC1. The second-order valence-electron chi connectivity index (χ2n) is 9.13. The van der Waals surface area contributed by atoms with Gasteiger partial charge in [0.1, 0.15) is 16.5 Å². The Kier molecular flexibility index (Phi) is 6.68. The second kappa shape index (κ2) is 10.0. The van der Waals surface area contributed by atoms with E-state index in [9.17, 15) is 4.79 Å². The number of amides is 2. The van der Waals surface area contributed by atoms with E-state index in [2.05, 4.69) is 48.3 Å². The summed E-state index contributed by atoms with van der Waals surface area (Å²) in [4.78, 5) is 29.4. The fraction of sp³-hybridized carbons (Fsp3) is 0.321. The highest BCUT2D eigenvalue weighted by atomic mass is 32.1. The van der Waals surface area contributed by atoms with Crippen LogP contribution in [0.5, 0.6) is 0 Å². The number of piperazine rings is 1. The predicted octanol–water partition coefficient (Wildman–Crippen LogP) is 5.76. The van der Waals surface area contributed by atoms with Crippen molar-refractivity contribution < 1.29 is 4.79 Å². The number of nitrogens with zero attached hydrogens (tertiary/aromatic N) is 4. The Labute approximate surface area is 210 Å². The summed E-state index contributed by atoms with van der Waals surface area (Å²) in [6, 6.07) is 18.3. The maximum absolute atomic E-state index is 12.9. The number of fused-ring (bicyclic) bond motifs is 1. The van der Waals surface area contributed by atoms with Crippen LogP contribution >= 0.6 is 11.3 Å². The molecule has 3 heterocycles. The molecule has 0 aliphatic carbocycles. The molecule has 2 aromatic carbocycles. The Bertz CT molecular complexity index is 1340. The summed E-state index contributed by atoms with van der Waals surface area (Å²) in [6.07, 6.45) is 1.73. The van der Waals surface area contributed by atoms with Gasteiger partial charge in [0, 0.05) is 43.2 Å². The number of carbonyl (C=O) groups excluding carboxylic acids is 1. The van der Waals surface area contributed by atoms with Gasteiger partial charge in [0.05, 0.1) is 5.39 Å². The van der Waals surface area contributed by atoms with E-state index in [0.29, 0.717) is 13.1 Å². The van der Waals surface area contributed by atoms with Gasteiger partial charge in [-0.2, -0.15) is 0 Å².